The molecular weight excluding hydrogens is 179 g/mol. The van der Waals surface area contributed by atoms with E-state index in [0.717, 1.165) is 0 Å². The Labute approximate surface area is 76.1 Å². The first-order chi connectivity index (χ1) is 5.74. The van der Waals surface area contributed by atoms with Crippen molar-refractivity contribution in [3.8, 4) is 5.75 Å². The standard InChI is InChI=1S/C9H10ClFO/c1-2-12-8-5-3-4-7(6-8)9(10)11/h3-6,9H,2H2,1H3. The topological polar surface area (TPSA) is 9.23 Å². The Morgan fingerprint density at radius 2 is 2.33 bits per heavy atom. The van der Waals surface area contributed by atoms with Crippen LogP contribution in [0.2, 0.25) is 0 Å². The smallest absolute Gasteiger partial charge is 0.198 e. The second-order valence-electron chi connectivity index (χ2n) is 2.31. The molecule has 66 valence electrons. The van der Waals surface area contributed by atoms with Gasteiger partial charge < -0.3 is 4.74 Å². The van der Waals surface area contributed by atoms with E-state index in [2.05, 4.69) is 0 Å². The van der Waals surface area contributed by atoms with E-state index in [9.17, 15) is 4.39 Å². The number of alkyl halides is 2. The number of rotatable bonds is 3. The Morgan fingerprint density at radius 1 is 1.58 bits per heavy atom. The molecule has 1 aromatic rings. The Hall–Kier alpha value is -0.760. The van der Waals surface area contributed by atoms with Crippen molar-refractivity contribution in [3.63, 3.8) is 0 Å². The SMILES string of the molecule is CCOc1cccc(C(F)Cl)c1. The molecule has 0 N–H and O–H groups in total. The van der Waals surface area contributed by atoms with Gasteiger partial charge in [0.15, 0.2) is 5.63 Å². The summed E-state index contributed by atoms with van der Waals surface area (Å²) in [6.07, 6.45) is 0. The van der Waals surface area contributed by atoms with Gasteiger partial charge in [-0.05, 0) is 19.1 Å². The minimum Gasteiger partial charge on any atom is -0.494 e. The number of hydrogen-bond acceptors (Lipinski definition) is 1. The van der Waals surface area contributed by atoms with Crippen LogP contribution in [0, 0.1) is 0 Å². The summed E-state index contributed by atoms with van der Waals surface area (Å²) in [7, 11) is 0. The average molecular weight is 189 g/mol. The van der Waals surface area contributed by atoms with Crippen molar-refractivity contribution in [2.75, 3.05) is 6.61 Å². The van der Waals surface area contributed by atoms with Crippen molar-refractivity contribution in [1.82, 2.24) is 0 Å². The van der Waals surface area contributed by atoms with Gasteiger partial charge >= 0.3 is 0 Å². The Morgan fingerprint density at radius 3 is 2.92 bits per heavy atom. The van der Waals surface area contributed by atoms with E-state index >= 15 is 0 Å². The van der Waals surface area contributed by atoms with E-state index in [4.69, 9.17) is 16.3 Å². The van der Waals surface area contributed by atoms with E-state index in [1.54, 1.807) is 24.3 Å². The zero-order valence-corrected chi connectivity index (χ0v) is 7.51. The molecular formula is C9H10ClFO. The minimum absolute atomic E-state index is 0.433. The van der Waals surface area contributed by atoms with Crippen LogP contribution in [0.5, 0.6) is 5.75 Å². The lowest BCUT2D eigenvalue weighted by atomic mass is 10.2. The van der Waals surface area contributed by atoms with Gasteiger partial charge in [-0.1, -0.05) is 23.7 Å². The molecule has 1 aromatic carbocycles. The molecule has 1 rings (SSSR count). The molecule has 0 aliphatic rings. The second kappa shape index (κ2) is 4.31. The van der Waals surface area contributed by atoms with Gasteiger partial charge in [-0.3, -0.25) is 0 Å². The normalized spacial score (nSPS) is 12.6. The first-order valence-corrected chi connectivity index (χ1v) is 4.18. The fraction of sp³-hybridized carbons (Fsp3) is 0.333. The summed E-state index contributed by atoms with van der Waals surface area (Å²) in [5.74, 6) is 0.651. The summed E-state index contributed by atoms with van der Waals surface area (Å²) in [5.41, 5.74) is -1.02. The predicted octanol–water partition coefficient (Wildman–Crippen LogP) is 3.29. The quantitative estimate of drug-likeness (QED) is 0.662. The summed E-state index contributed by atoms with van der Waals surface area (Å²) in [4.78, 5) is 0. The number of ether oxygens (including phenoxy) is 1. The molecule has 0 radical (unpaired) electrons. The Kier molecular flexibility index (Phi) is 3.35. The van der Waals surface area contributed by atoms with E-state index in [1.165, 1.54) is 0 Å². The molecule has 0 saturated carbocycles. The molecule has 0 amide bonds. The van der Waals surface area contributed by atoms with Gasteiger partial charge in [-0.25, -0.2) is 4.39 Å². The van der Waals surface area contributed by atoms with Gasteiger partial charge in [0.25, 0.3) is 0 Å². The predicted molar refractivity (Wildman–Crippen MR) is 47.3 cm³/mol. The van der Waals surface area contributed by atoms with Crippen LogP contribution >= 0.6 is 11.6 Å². The maximum Gasteiger partial charge on any atom is 0.198 e. The van der Waals surface area contributed by atoms with Gasteiger partial charge in [0, 0.05) is 5.56 Å². The molecule has 0 saturated heterocycles. The molecule has 3 heteroatoms. The maximum atomic E-state index is 12.6. The maximum absolute atomic E-state index is 12.6. The highest BCUT2D eigenvalue weighted by Gasteiger charge is 2.04. The molecule has 0 bridgehead atoms. The highest BCUT2D eigenvalue weighted by Crippen LogP contribution is 2.24. The molecule has 0 aliphatic heterocycles. The molecule has 0 spiro atoms. The highest BCUT2D eigenvalue weighted by atomic mass is 35.5. The van der Waals surface area contributed by atoms with E-state index in [1.807, 2.05) is 6.92 Å². The fourth-order valence-electron chi connectivity index (χ4n) is 0.907. The van der Waals surface area contributed by atoms with Crippen LogP contribution in [-0.2, 0) is 0 Å². The summed E-state index contributed by atoms with van der Waals surface area (Å²) < 4.78 is 17.7. The first-order valence-electron chi connectivity index (χ1n) is 3.75. The molecule has 0 aliphatic carbocycles. The average Bonchev–Trinajstić information content (AvgIpc) is 2.05. The van der Waals surface area contributed by atoms with Crippen LogP contribution in [0.3, 0.4) is 0 Å². The van der Waals surface area contributed by atoms with E-state index in [-0.39, 0.29) is 0 Å². The van der Waals surface area contributed by atoms with Crippen LogP contribution < -0.4 is 4.74 Å². The van der Waals surface area contributed by atoms with Gasteiger partial charge in [-0.2, -0.15) is 0 Å². The highest BCUT2D eigenvalue weighted by molar-refractivity contribution is 6.19. The zero-order chi connectivity index (χ0) is 8.97. The van der Waals surface area contributed by atoms with Crippen LogP contribution in [0.4, 0.5) is 4.39 Å². The Balaban J connectivity index is 2.81. The van der Waals surface area contributed by atoms with Crippen molar-refractivity contribution in [1.29, 1.82) is 0 Å². The van der Waals surface area contributed by atoms with Crippen LogP contribution in [0.25, 0.3) is 0 Å². The summed E-state index contributed by atoms with van der Waals surface area (Å²) in [5, 5.41) is 0. The van der Waals surface area contributed by atoms with E-state index in [0.29, 0.717) is 17.9 Å². The molecule has 1 atom stereocenters. The molecule has 12 heavy (non-hydrogen) atoms. The molecule has 0 fully saturated rings. The largest absolute Gasteiger partial charge is 0.494 e. The monoisotopic (exact) mass is 188 g/mol. The summed E-state index contributed by atoms with van der Waals surface area (Å²) in [6, 6.07) is 6.71. The fourth-order valence-corrected chi connectivity index (χ4v) is 1.04. The lowest BCUT2D eigenvalue weighted by Gasteiger charge is -2.05. The van der Waals surface area contributed by atoms with Crippen molar-refractivity contribution in [2.45, 2.75) is 12.6 Å². The number of hydrogen-bond donors (Lipinski definition) is 0. The number of benzene rings is 1. The van der Waals surface area contributed by atoms with Crippen molar-refractivity contribution in [2.24, 2.45) is 0 Å². The van der Waals surface area contributed by atoms with Crippen LogP contribution in [0.15, 0.2) is 24.3 Å². The minimum atomic E-state index is -1.45. The third kappa shape index (κ3) is 2.38. The summed E-state index contributed by atoms with van der Waals surface area (Å²) in [6.45, 7) is 2.45. The van der Waals surface area contributed by atoms with Gasteiger partial charge in [0.2, 0.25) is 0 Å². The van der Waals surface area contributed by atoms with E-state index < -0.39 is 5.63 Å². The van der Waals surface area contributed by atoms with Gasteiger partial charge in [-0.15, -0.1) is 0 Å². The summed E-state index contributed by atoms with van der Waals surface area (Å²) >= 11 is 5.25. The van der Waals surface area contributed by atoms with Crippen molar-refractivity contribution < 1.29 is 9.13 Å². The van der Waals surface area contributed by atoms with Crippen LogP contribution in [-0.4, -0.2) is 6.61 Å². The van der Waals surface area contributed by atoms with Gasteiger partial charge in [0.1, 0.15) is 5.75 Å². The zero-order valence-electron chi connectivity index (χ0n) is 6.76. The second-order valence-corrected chi connectivity index (χ2v) is 2.69. The van der Waals surface area contributed by atoms with Crippen LogP contribution in [0.1, 0.15) is 18.1 Å². The Bertz CT molecular complexity index is 250. The molecule has 1 nitrogen and oxygen atoms in total. The molecule has 1 unspecified atom stereocenters. The molecule has 0 heterocycles. The first kappa shape index (κ1) is 9.33. The molecule has 0 aromatic heterocycles. The van der Waals surface area contributed by atoms with Crippen molar-refractivity contribution in [3.05, 3.63) is 29.8 Å². The number of halogens is 2. The lowest BCUT2D eigenvalue weighted by molar-refractivity contribution is 0.339. The third-order valence-electron chi connectivity index (χ3n) is 1.42. The van der Waals surface area contributed by atoms with Gasteiger partial charge in [0.05, 0.1) is 6.61 Å². The third-order valence-corrected chi connectivity index (χ3v) is 1.67. The van der Waals surface area contributed by atoms with Crippen molar-refractivity contribution >= 4 is 11.6 Å². The lowest BCUT2D eigenvalue weighted by Crippen LogP contribution is -1.92.